The second-order valence-electron chi connectivity index (χ2n) is 2.62. The summed E-state index contributed by atoms with van der Waals surface area (Å²) in [5, 5.41) is 3.11. The van der Waals surface area contributed by atoms with Gasteiger partial charge in [0, 0.05) is 13.2 Å². The number of hydrogen-bond acceptors (Lipinski definition) is 2. The van der Waals surface area contributed by atoms with Crippen LogP contribution in [0.15, 0.2) is 24.4 Å². The van der Waals surface area contributed by atoms with E-state index in [0.29, 0.717) is 0 Å². The van der Waals surface area contributed by atoms with Gasteiger partial charge in [0.25, 0.3) is 0 Å². The van der Waals surface area contributed by atoms with Crippen molar-refractivity contribution in [1.82, 2.24) is 10.3 Å². The largest absolute Gasteiger partial charge is 0.387 e. The normalized spacial score (nSPS) is 11.4. The zero-order valence-electron chi connectivity index (χ0n) is 7.76. The quantitative estimate of drug-likeness (QED) is 0.719. The van der Waals surface area contributed by atoms with Crippen molar-refractivity contribution in [2.75, 3.05) is 7.05 Å². The van der Waals surface area contributed by atoms with Gasteiger partial charge in [0.1, 0.15) is 0 Å². The zero-order chi connectivity index (χ0) is 8.97. The van der Waals surface area contributed by atoms with E-state index >= 15 is 0 Å². The summed E-state index contributed by atoms with van der Waals surface area (Å²) in [6.07, 6.45) is 3.83. The molecule has 1 aromatic heterocycles. The SMILES string of the molecule is C/C=C(/NC)c1ncccc1C. The number of nitrogens with one attached hydrogen (secondary N) is 1. The lowest BCUT2D eigenvalue weighted by molar-refractivity contribution is 1.07. The van der Waals surface area contributed by atoms with Crippen LogP contribution in [0.5, 0.6) is 0 Å². The molecule has 0 spiro atoms. The molecule has 0 atom stereocenters. The standard InChI is InChI=1S/C10H14N2/c1-4-9(11-3)10-8(2)6-5-7-12-10/h4-7,11H,1-3H3/b9-4+. The molecule has 12 heavy (non-hydrogen) atoms. The summed E-state index contributed by atoms with van der Waals surface area (Å²) in [4.78, 5) is 4.29. The van der Waals surface area contributed by atoms with Crippen LogP contribution in [0.2, 0.25) is 0 Å². The molecule has 0 amide bonds. The highest BCUT2D eigenvalue weighted by atomic mass is 14.9. The Hall–Kier alpha value is -1.31. The minimum absolute atomic E-state index is 1.03. The van der Waals surface area contributed by atoms with Crippen molar-refractivity contribution in [1.29, 1.82) is 0 Å². The summed E-state index contributed by atoms with van der Waals surface area (Å²) in [5.41, 5.74) is 3.30. The molecule has 0 aliphatic carbocycles. The minimum atomic E-state index is 1.03. The van der Waals surface area contributed by atoms with Crippen LogP contribution in [0.25, 0.3) is 5.70 Å². The lowest BCUT2D eigenvalue weighted by Crippen LogP contribution is -2.07. The van der Waals surface area contributed by atoms with E-state index in [-0.39, 0.29) is 0 Å². The first-order valence-corrected chi connectivity index (χ1v) is 4.05. The second-order valence-corrected chi connectivity index (χ2v) is 2.62. The Morgan fingerprint density at radius 2 is 2.33 bits per heavy atom. The average molecular weight is 162 g/mol. The third kappa shape index (κ3) is 1.64. The Labute approximate surface area is 73.3 Å². The molecule has 0 aliphatic rings. The molecule has 0 aliphatic heterocycles. The number of allylic oxidation sites excluding steroid dienone is 1. The molecule has 1 rings (SSSR count). The fraction of sp³-hybridized carbons (Fsp3) is 0.300. The highest BCUT2D eigenvalue weighted by molar-refractivity contribution is 5.62. The van der Waals surface area contributed by atoms with Gasteiger partial charge in [-0.25, -0.2) is 0 Å². The van der Waals surface area contributed by atoms with Crippen molar-refractivity contribution < 1.29 is 0 Å². The van der Waals surface area contributed by atoms with Crippen LogP contribution in [-0.2, 0) is 0 Å². The summed E-state index contributed by atoms with van der Waals surface area (Å²) in [6.45, 7) is 4.06. The van der Waals surface area contributed by atoms with Crippen molar-refractivity contribution in [3.05, 3.63) is 35.7 Å². The molecule has 1 aromatic rings. The first-order chi connectivity index (χ1) is 5.79. The molecule has 0 bridgehead atoms. The molecule has 2 nitrogen and oxygen atoms in total. The number of aryl methyl sites for hydroxylation is 1. The molecule has 0 unspecified atom stereocenters. The molecule has 0 radical (unpaired) electrons. The third-order valence-corrected chi connectivity index (χ3v) is 1.82. The maximum atomic E-state index is 4.29. The number of nitrogens with zero attached hydrogens (tertiary/aromatic N) is 1. The van der Waals surface area contributed by atoms with Crippen molar-refractivity contribution in [2.24, 2.45) is 0 Å². The third-order valence-electron chi connectivity index (χ3n) is 1.82. The molecule has 2 heteroatoms. The number of hydrogen-bond donors (Lipinski definition) is 1. The van der Waals surface area contributed by atoms with E-state index in [1.54, 1.807) is 0 Å². The Morgan fingerprint density at radius 1 is 1.58 bits per heavy atom. The summed E-state index contributed by atoms with van der Waals surface area (Å²) in [5.74, 6) is 0. The van der Waals surface area contributed by atoms with Gasteiger partial charge < -0.3 is 5.32 Å². The van der Waals surface area contributed by atoms with E-state index in [9.17, 15) is 0 Å². The highest BCUT2D eigenvalue weighted by Gasteiger charge is 2.01. The number of aromatic nitrogens is 1. The van der Waals surface area contributed by atoms with Gasteiger partial charge in [-0.15, -0.1) is 0 Å². The van der Waals surface area contributed by atoms with Crippen molar-refractivity contribution >= 4 is 5.70 Å². The Bertz CT molecular complexity index is 290. The summed E-state index contributed by atoms with van der Waals surface area (Å²) < 4.78 is 0. The minimum Gasteiger partial charge on any atom is -0.387 e. The van der Waals surface area contributed by atoms with Gasteiger partial charge in [0.15, 0.2) is 0 Å². The van der Waals surface area contributed by atoms with Crippen LogP contribution in [0.1, 0.15) is 18.2 Å². The fourth-order valence-corrected chi connectivity index (χ4v) is 1.17. The lowest BCUT2D eigenvalue weighted by atomic mass is 10.1. The van der Waals surface area contributed by atoms with Crippen LogP contribution in [0.4, 0.5) is 0 Å². The number of pyridine rings is 1. The van der Waals surface area contributed by atoms with Crippen LogP contribution < -0.4 is 5.32 Å². The van der Waals surface area contributed by atoms with E-state index < -0.39 is 0 Å². The zero-order valence-corrected chi connectivity index (χ0v) is 7.76. The van der Waals surface area contributed by atoms with Crippen LogP contribution in [0.3, 0.4) is 0 Å². The van der Waals surface area contributed by atoms with Crippen LogP contribution in [0, 0.1) is 6.92 Å². The van der Waals surface area contributed by atoms with Crippen molar-refractivity contribution in [3.8, 4) is 0 Å². The van der Waals surface area contributed by atoms with E-state index in [2.05, 4.69) is 23.3 Å². The van der Waals surface area contributed by atoms with E-state index in [4.69, 9.17) is 0 Å². The van der Waals surface area contributed by atoms with Crippen LogP contribution >= 0.6 is 0 Å². The predicted molar refractivity (Wildman–Crippen MR) is 51.7 cm³/mol. The van der Waals surface area contributed by atoms with Gasteiger partial charge in [-0.05, 0) is 25.5 Å². The molecular weight excluding hydrogens is 148 g/mol. The molecule has 1 heterocycles. The molecule has 1 N–H and O–H groups in total. The van der Waals surface area contributed by atoms with E-state index in [1.807, 2.05) is 32.3 Å². The lowest BCUT2D eigenvalue weighted by Gasteiger charge is -2.07. The van der Waals surface area contributed by atoms with Gasteiger partial charge in [0.05, 0.1) is 11.4 Å². The molecule has 0 fully saturated rings. The first kappa shape index (κ1) is 8.78. The van der Waals surface area contributed by atoms with Crippen molar-refractivity contribution in [2.45, 2.75) is 13.8 Å². The molecule has 0 aromatic carbocycles. The monoisotopic (exact) mass is 162 g/mol. The van der Waals surface area contributed by atoms with Gasteiger partial charge in [-0.3, -0.25) is 4.98 Å². The first-order valence-electron chi connectivity index (χ1n) is 4.05. The van der Waals surface area contributed by atoms with Gasteiger partial charge in [0.2, 0.25) is 0 Å². The van der Waals surface area contributed by atoms with Crippen LogP contribution in [-0.4, -0.2) is 12.0 Å². The highest BCUT2D eigenvalue weighted by Crippen LogP contribution is 2.11. The summed E-state index contributed by atoms with van der Waals surface area (Å²) >= 11 is 0. The predicted octanol–water partition coefficient (Wildman–Crippen LogP) is 1.97. The van der Waals surface area contributed by atoms with Gasteiger partial charge in [-0.1, -0.05) is 12.1 Å². The van der Waals surface area contributed by atoms with E-state index in [1.165, 1.54) is 5.56 Å². The Morgan fingerprint density at radius 3 is 2.83 bits per heavy atom. The molecular formula is C10H14N2. The van der Waals surface area contributed by atoms with Gasteiger partial charge >= 0.3 is 0 Å². The maximum Gasteiger partial charge on any atom is 0.0886 e. The Balaban J connectivity index is 3.10. The van der Waals surface area contributed by atoms with E-state index in [0.717, 1.165) is 11.4 Å². The average Bonchev–Trinajstić information content (AvgIpc) is 2.10. The molecule has 0 saturated carbocycles. The summed E-state index contributed by atoms with van der Waals surface area (Å²) in [7, 11) is 1.91. The Kier molecular flexibility index (Phi) is 2.86. The van der Waals surface area contributed by atoms with Crippen molar-refractivity contribution in [3.63, 3.8) is 0 Å². The second kappa shape index (κ2) is 3.90. The fourth-order valence-electron chi connectivity index (χ4n) is 1.17. The number of rotatable bonds is 2. The topological polar surface area (TPSA) is 24.9 Å². The maximum absolute atomic E-state index is 4.29. The van der Waals surface area contributed by atoms with Gasteiger partial charge in [-0.2, -0.15) is 0 Å². The molecule has 64 valence electrons. The molecule has 0 saturated heterocycles. The summed E-state index contributed by atoms with van der Waals surface area (Å²) in [6, 6.07) is 4.00. The smallest absolute Gasteiger partial charge is 0.0886 e.